The van der Waals surface area contributed by atoms with Crippen molar-refractivity contribution in [3.8, 4) is 0 Å². The molecule has 2 fully saturated rings. The second-order valence-corrected chi connectivity index (χ2v) is 8.71. The smallest absolute Gasteiger partial charge is 0.236 e. The lowest BCUT2D eigenvalue weighted by Gasteiger charge is -2.42. The molecule has 2 unspecified atom stereocenters. The maximum atomic E-state index is 12.8. The number of amides is 1. The number of rotatable bonds is 7. The van der Waals surface area contributed by atoms with Gasteiger partial charge in [0.15, 0.2) is 0 Å². The van der Waals surface area contributed by atoms with Crippen molar-refractivity contribution in [2.75, 3.05) is 58.9 Å². The molecule has 0 saturated carbocycles. The molecule has 2 atom stereocenters. The summed E-state index contributed by atoms with van der Waals surface area (Å²) in [6.45, 7) is 12.7. The largest absolute Gasteiger partial charge is 0.392 e. The molecule has 0 radical (unpaired) electrons. The first kappa shape index (κ1) is 20.7. The molecule has 2 saturated heterocycles. The number of β-amino-alcohol motifs (C(OH)–C–C–N with tert-alkyl or cyclic N) is 1. The highest BCUT2D eigenvalue weighted by Crippen LogP contribution is 2.15. The predicted molar refractivity (Wildman–Crippen MR) is 110 cm³/mol. The molecule has 27 heavy (non-hydrogen) atoms. The average molecular weight is 395 g/mol. The van der Waals surface area contributed by atoms with Crippen LogP contribution in [0, 0.1) is 0 Å². The summed E-state index contributed by atoms with van der Waals surface area (Å²) in [6, 6.07) is 2.62. The van der Waals surface area contributed by atoms with Crippen molar-refractivity contribution in [1.82, 2.24) is 19.6 Å². The highest BCUT2D eigenvalue weighted by molar-refractivity contribution is 7.07. The van der Waals surface area contributed by atoms with Crippen molar-refractivity contribution >= 4 is 17.2 Å². The summed E-state index contributed by atoms with van der Waals surface area (Å²) in [5, 5.41) is 14.0. The molecule has 3 heterocycles. The monoisotopic (exact) mass is 394 g/mol. The van der Waals surface area contributed by atoms with Crippen LogP contribution in [0.25, 0.3) is 0 Å². The van der Waals surface area contributed by atoms with Crippen LogP contribution in [0.2, 0.25) is 0 Å². The van der Waals surface area contributed by atoms with Gasteiger partial charge in [0.05, 0.1) is 12.6 Å². The van der Waals surface area contributed by atoms with Gasteiger partial charge in [0.1, 0.15) is 0 Å². The summed E-state index contributed by atoms with van der Waals surface area (Å²) in [6.07, 6.45) is 0.760. The number of hydrogen-bond acceptors (Lipinski definition) is 6. The number of piperazine rings is 2. The Balaban J connectivity index is 1.41. The van der Waals surface area contributed by atoms with Gasteiger partial charge in [-0.3, -0.25) is 19.5 Å². The predicted octanol–water partition coefficient (Wildman–Crippen LogP) is 1.17. The zero-order chi connectivity index (χ0) is 19.2. The van der Waals surface area contributed by atoms with E-state index in [2.05, 4.69) is 38.4 Å². The van der Waals surface area contributed by atoms with Gasteiger partial charge in [-0.2, -0.15) is 11.3 Å². The first-order valence-corrected chi connectivity index (χ1v) is 11.1. The Morgan fingerprint density at radius 3 is 2.59 bits per heavy atom. The minimum Gasteiger partial charge on any atom is -0.392 e. The topological polar surface area (TPSA) is 50.3 Å². The van der Waals surface area contributed by atoms with Gasteiger partial charge in [0.2, 0.25) is 5.91 Å². The summed E-state index contributed by atoms with van der Waals surface area (Å²) in [4.78, 5) is 21.9. The van der Waals surface area contributed by atoms with E-state index >= 15 is 0 Å². The summed E-state index contributed by atoms with van der Waals surface area (Å²) in [5.74, 6) is 0.268. The fraction of sp³-hybridized carbons (Fsp3) is 0.750. The van der Waals surface area contributed by atoms with Crippen LogP contribution in [0.5, 0.6) is 0 Å². The number of aliphatic hydroxyl groups is 1. The number of hydrogen-bond donors (Lipinski definition) is 1. The third-order valence-corrected chi connectivity index (χ3v) is 6.46. The molecule has 0 spiro atoms. The number of carbonyl (C=O) groups is 1. The molecule has 2 aliphatic heterocycles. The molecule has 6 nitrogen and oxygen atoms in total. The Hall–Kier alpha value is -0.990. The summed E-state index contributed by atoms with van der Waals surface area (Å²) in [5.41, 5.74) is 1.38. The molecule has 1 amide bonds. The first-order chi connectivity index (χ1) is 13.0. The molecule has 3 rings (SSSR count). The number of aliphatic hydroxyl groups excluding tert-OH is 1. The highest BCUT2D eigenvalue weighted by Gasteiger charge is 2.29. The molecule has 0 aliphatic carbocycles. The maximum Gasteiger partial charge on any atom is 0.236 e. The van der Waals surface area contributed by atoms with Crippen molar-refractivity contribution in [2.45, 2.75) is 39.0 Å². The number of carbonyl (C=O) groups excluding carboxylic acids is 1. The fourth-order valence-corrected chi connectivity index (χ4v) is 4.82. The van der Waals surface area contributed by atoms with Gasteiger partial charge in [-0.25, -0.2) is 0 Å². The fourth-order valence-electron chi connectivity index (χ4n) is 4.16. The highest BCUT2D eigenvalue weighted by atomic mass is 32.1. The van der Waals surface area contributed by atoms with Gasteiger partial charge in [0, 0.05) is 64.9 Å². The number of thiophene rings is 1. The van der Waals surface area contributed by atoms with Gasteiger partial charge in [0.25, 0.3) is 0 Å². The Labute approximate surface area is 167 Å². The average Bonchev–Trinajstić information content (AvgIpc) is 3.16. The van der Waals surface area contributed by atoms with Crippen LogP contribution in [-0.4, -0.2) is 102 Å². The van der Waals surface area contributed by atoms with Crippen LogP contribution in [0.1, 0.15) is 25.8 Å². The molecule has 1 aromatic heterocycles. The standard InChI is InChI=1S/C20H34N4O2S/c1-3-19-14-22(7-10-24(19)12-17(2)25)15-20(26)23-8-5-21(6-9-23)13-18-4-11-27-16-18/h4,11,16-17,19,25H,3,5-10,12-15H2,1-2H3. The normalized spacial score (nSPS) is 24.3. The Morgan fingerprint density at radius 1 is 1.22 bits per heavy atom. The minimum atomic E-state index is -0.294. The van der Waals surface area contributed by atoms with E-state index in [1.165, 1.54) is 5.56 Å². The van der Waals surface area contributed by atoms with Gasteiger partial charge < -0.3 is 10.0 Å². The lowest BCUT2D eigenvalue weighted by atomic mass is 10.1. The van der Waals surface area contributed by atoms with E-state index in [-0.39, 0.29) is 12.0 Å². The van der Waals surface area contributed by atoms with E-state index in [4.69, 9.17) is 0 Å². The minimum absolute atomic E-state index is 0.268. The molecule has 1 aromatic rings. The van der Waals surface area contributed by atoms with E-state index in [9.17, 15) is 9.90 Å². The molecular weight excluding hydrogens is 360 g/mol. The molecule has 1 N–H and O–H groups in total. The first-order valence-electron chi connectivity index (χ1n) is 10.2. The molecular formula is C20H34N4O2S. The van der Waals surface area contributed by atoms with E-state index in [1.807, 2.05) is 11.8 Å². The van der Waals surface area contributed by atoms with Crippen LogP contribution < -0.4 is 0 Å². The van der Waals surface area contributed by atoms with Crippen molar-refractivity contribution in [3.05, 3.63) is 22.4 Å². The number of nitrogens with zero attached hydrogens (tertiary/aromatic N) is 4. The van der Waals surface area contributed by atoms with Crippen LogP contribution in [0.4, 0.5) is 0 Å². The third kappa shape index (κ3) is 5.99. The van der Waals surface area contributed by atoms with Gasteiger partial charge >= 0.3 is 0 Å². The Kier molecular flexibility index (Phi) is 7.66. The van der Waals surface area contributed by atoms with Crippen LogP contribution in [0.3, 0.4) is 0 Å². The van der Waals surface area contributed by atoms with E-state index in [0.29, 0.717) is 12.6 Å². The van der Waals surface area contributed by atoms with Crippen LogP contribution in [-0.2, 0) is 11.3 Å². The van der Waals surface area contributed by atoms with Gasteiger partial charge in [-0.15, -0.1) is 0 Å². The third-order valence-electron chi connectivity index (χ3n) is 5.73. The summed E-state index contributed by atoms with van der Waals surface area (Å²) in [7, 11) is 0. The maximum absolute atomic E-state index is 12.8. The zero-order valence-electron chi connectivity index (χ0n) is 16.7. The summed E-state index contributed by atoms with van der Waals surface area (Å²) >= 11 is 1.74. The quantitative estimate of drug-likeness (QED) is 0.752. The van der Waals surface area contributed by atoms with Crippen molar-refractivity contribution in [2.24, 2.45) is 0 Å². The van der Waals surface area contributed by atoms with E-state index in [1.54, 1.807) is 11.3 Å². The lowest BCUT2D eigenvalue weighted by Crippen LogP contribution is -2.57. The van der Waals surface area contributed by atoms with Crippen LogP contribution >= 0.6 is 11.3 Å². The van der Waals surface area contributed by atoms with Crippen LogP contribution in [0.15, 0.2) is 16.8 Å². The van der Waals surface area contributed by atoms with E-state index < -0.39 is 0 Å². The molecule has 0 bridgehead atoms. The second-order valence-electron chi connectivity index (χ2n) is 7.93. The molecule has 7 heteroatoms. The Bertz CT molecular complexity index is 573. The molecule has 0 aromatic carbocycles. The van der Waals surface area contributed by atoms with Crippen molar-refractivity contribution < 1.29 is 9.90 Å². The molecule has 152 valence electrons. The lowest BCUT2D eigenvalue weighted by molar-refractivity contribution is -0.135. The van der Waals surface area contributed by atoms with Gasteiger partial charge in [-0.05, 0) is 35.7 Å². The second kappa shape index (κ2) is 9.98. The SMILES string of the molecule is CCC1CN(CC(=O)N2CCN(Cc3ccsc3)CC2)CCN1CC(C)O. The van der Waals surface area contributed by atoms with Crippen molar-refractivity contribution in [3.63, 3.8) is 0 Å². The Morgan fingerprint density at radius 2 is 1.96 bits per heavy atom. The van der Waals surface area contributed by atoms with Crippen molar-refractivity contribution in [1.29, 1.82) is 0 Å². The zero-order valence-corrected chi connectivity index (χ0v) is 17.5. The van der Waals surface area contributed by atoms with Gasteiger partial charge in [-0.1, -0.05) is 6.92 Å². The molecule has 2 aliphatic rings. The summed E-state index contributed by atoms with van der Waals surface area (Å²) < 4.78 is 0. The van der Waals surface area contributed by atoms with E-state index in [0.717, 1.165) is 65.3 Å².